The zero-order valence-electron chi connectivity index (χ0n) is 9.02. The highest BCUT2D eigenvalue weighted by Crippen LogP contribution is 2.32. The molecule has 90 valence electrons. The van der Waals surface area contributed by atoms with Crippen LogP contribution in [0.4, 0.5) is 0 Å². The second-order valence-corrected chi connectivity index (χ2v) is 5.88. The first-order chi connectivity index (χ1) is 7.59. The van der Waals surface area contributed by atoms with Crippen LogP contribution in [-0.4, -0.2) is 25.3 Å². The summed E-state index contributed by atoms with van der Waals surface area (Å²) >= 11 is 5.58. The van der Waals surface area contributed by atoms with Crippen LogP contribution in [0.5, 0.6) is 0 Å². The Hall–Kier alpha value is -0.520. The highest BCUT2D eigenvalue weighted by molar-refractivity contribution is 7.89. The second-order valence-electron chi connectivity index (χ2n) is 3.79. The average molecular weight is 264 g/mol. The SMILES string of the molecule is CCN(C1CC1)S(=O)(=O)c1ccc(CCl)o1. The highest BCUT2D eigenvalue weighted by atomic mass is 35.5. The summed E-state index contributed by atoms with van der Waals surface area (Å²) in [5, 5.41) is -0.00287. The van der Waals surface area contributed by atoms with Crippen LogP contribution in [0.25, 0.3) is 0 Å². The second kappa shape index (κ2) is 4.39. The van der Waals surface area contributed by atoms with E-state index in [9.17, 15) is 8.42 Å². The fourth-order valence-electron chi connectivity index (χ4n) is 1.67. The third-order valence-corrected chi connectivity index (χ3v) is 4.76. The van der Waals surface area contributed by atoms with Gasteiger partial charge >= 0.3 is 0 Å². The van der Waals surface area contributed by atoms with Gasteiger partial charge in [-0.05, 0) is 25.0 Å². The molecule has 1 aliphatic rings. The molecule has 0 amide bonds. The lowest BCUT2D eigenvalue weighted by molar-refractivity contribution is 0.374. The van der Waals surface area contributed by atoms with E-state index in [2.05, 4.69) is 0 Å². The number of alkyl halides is 1. The predicted octanol–water partition coefficient (Wildman–Crippen LogP) is 2.19. The van der Waals surface area contributed by atoms with Crippen LogP contribution >= 0.6 is 11.6 Å². The molecule has 0 atom stereocenters. The number of nitrogens with zero attached hydrogens (tertiary/aromatic N) is 1. The molecule has 1 saturated carbocycles. The molecule has 0 aromatic carbocycles. The molecule has 0 bridgehead atoms. The fourth-order valence-corrected chi connectivity index (χ4v) is 3.44. The summed E-state index contributed by atoms with van der Waals surface area (Å²) in [4.78, 5) is 0. The van der Waals surface area contributed by atoms with Gasteiger partial charge in [0.2, 0.25) is 5.09 Å². The maximum atomic E-state index is 12.2. The molecule has 0 aliphatic heterocycles. The normalized spacial score (nSPS) is 16.9. The Morgan fingerprint density at radius 1 is 1.50 bits per heavy atom. The van der Waals surface area contributed by atoms with Gasteiger partial charge in [0.15, 0.2) is 0 Å². The molecule has 16 heavy (non-hydrogen) atoms. The first-order valence-corrected chi connectivity index (χ1v) is 7.23. The van der Waals surface area contributed by atoms with E-state index in [1.807, 2.05) is 6.92 Å². The number of sulfonamides is 1. The number of hydrogen-bond donors (Lipinski definition) is 0. The molecule has 0 saturated heterocycles. The Labute approximate surface area is 100 Å². The van der Waals surface area contributed by atoms with Crippen LogP contribution in [0.15, 0.2) is 21.6 Å². The van der Waals surface area contributed by atoms with Gasteiger partial charge < -0.3 is 4.42 Å². The Bertz CT molecular complexity index is 464. The van der Waals surface area contributed by atoms with Gasteiger partial charge in [-0.1, -0.05) is 6.92 Å². The van der Waals surface area contributed by atoms with Crippen molar-refractivity contribution in [2.24, 2.45) is 0 Å². The zero-order valence-corrected chi connectivity index (χ0v) is 10.6. The van der Waals surface area contributed by atoms with Crippen LogP contribution < -0.4 is 0 Å². The van der Waals surface area contributed by atoms with Crippen LogP contribution in [0, 0.1) is 0 Å². The number of furan rings is 1. The molecule has 1 aliphatic carbocycles. The summed E-state index contributed by atoms with van der Waals surface area (Å²) in [6.45, 7) is 2.31. The summed E-state index contributed by atoms with van der Waals surface area (Å²) in [6, 6.07) is 3.22. The van der Waals surface area contributed by atoms with E-state index in [-0.39, 0.29) is 17.0 Å². The Morgan fingerprint density at radius 2 is 2.19 bits per heavy atom. The summed E-state index contributed by atoms with van der Waals surface area (Å²) < 4.78 is 31.0. The first kappa shape index (κ1) is 12.0. The smallest absolute Gasteiger partial charge is 0.276 e. The molecular formula is C10H14ClNO3S. The van der Waals surface area contributed by atoms with Gasteiger partial charge in [-0.15, -0.1) is 11.6 Å². The van der Waals surface area contributed by atoms with Gasteiger partial charge in [0.25, 0.3) is 10.0 Å². The minimum Gasteiger partial charge on any atom is -0.447 e. The van der Waals surface area contributed by atoms with Crippen molar-refractivity contribution in [3.05, 3.63) is 17.9 Å². The zero-order chi connectivity index (χ0) is 11.8. The third-order valence-electron chi connectivity index (χ3n) is 2.60. The molecule has 0 N–H and O–H groups in total. The quantitative estimate of drug-likeness (QED) is 0.765. The maximum Gasteiger partial charge on any atom is 0.276 e. The molecule has 6 heteroatoms. The van der Waals surface area contributed by atoms with Gasteiger partial charge in [-0.25, -0.2) is 8.42 Å². The molecule has 1 aromatic heterocycles. The van der Waals surface area contributed by atoms with E-state index in [0.717, 1.165) is 12.8 Å². The molecular weight excluding hydrogens is 250 g/mol. The third kappa shape index (κ3) is 2.12. The topological polar surface area (TPSA) is 50.5 Å². The van der Waals surface area contributed by atoms with Crippen LogP contribution in [0.3, 0.4) is 0 Å². The van der Waals surface area contributed by atoms with Crippen molar-refractivity contribution >= 4 is 21.6 Å². The van der Waals surface area contributed by atoms with Gasteiger partial charge in [0.05, 0.1) is 5.88 Å². The maximum absolute atomic E-state index is 12.2. The van der Waals surface area contributed by atoms with Crippen molar-refractivity contribution in [1.82, 2.24) is 4.31 Å². The molecule has 1 aromatic rings. The first-order valence-electron chi connectivity index (χ1n) is 5.26. The van der Waals surface area contributed by atoms with Gasteiger partial charge in [0, 0.05) is 12.6 Å². The molecule has 0 radical (unpaired) electrons. The Kier molecular flexibility index (Phi) is 3.28. The molecule has 0 unspecified atom stereocenters. The monoisotopic (exact) mass is 263 g/mol. The summed E-state index contributed by atoms with van der Waals surface area (Å²) in [7, 11) is -3.47. The molecule has 0 spiro atoms. The standard InChI is InChI=1S/C10H14ClNO3S/c1-2-12(8-3-4-8)16(13,14)10-6-5-9(7-11)15-10/h5-6,8H,2-4,7H2,1H3. The van der Waals surface area contributed by atoms with E-state index in [1.165, 1.54) is 10.4 Å². The van der Waals surface area contributed by atoms with E-state index in [0.29, 0.717) is 12.3 Å². The molecule has 1 heterocycles. The lowest BCUT2D eigenvalue weighted by Gasteiger charge is -2.17. The Balaban J connectivity index is 2.29. The van der Waals surface area contributed by atoms with E-state index >= 15 is 0 Å². The van der Waals surface area contributed by atoms with E-state index < -0.39 is 10.0 Å². The highest BCUT2D eigenvalue weighted by Gasteiger charge is 2.38. The van der Waals surface area contributed by atoms with Crippen LogP contribution in [0.1, 0.15) is 25.5 Å². The predicted molar refractivity (Wildman–Crippen MR) is 60.9 cm³/mol. The minimum absolute atomic E-state index is 0.00287. The molecule has 2 rings (SSSR count). The van der Waals surface area contributed by atoms with E-state index in [4.69, 9.17) is 16.0 Å². The van der Waals surface area contributed by atoms with Crippen molar-refractivity contribution in [3.8, 4) is 0 Å². The number of halogens is 1. The van der Waals surface area contributed by atoms with Crippen LogP contribution in [-0.2, 0) is 15.9 Å². The molecule has 1 fully saturated rings. The minimum atomic E-state index is -3.47. The summed E-state index contributed by atoms with van der Waals surface area (Å²) in [6.07, 6.45) is 1.88. The van der Waals surface area contributed by atoms with Crippen LogP contribution in [0.2, 0.25) is 0 Å². The lowest BCUT2D eigenvalue weighted by atomic mass is 10.5. The number of rotatable bonds is 5. The fraction of sp³-hybridized carbons (Fsp3) is 0.600. The van der Waals surface area contributed by atoms with Crippen molar-refractivity contribution in [2.45, 2.75) is 36.8 Å². The van der Waals surface area contributed by atoms with Gasteiger partial charge in [-0.3, -0.25) is 0 Å². The van der Waals surface area contributed by atoms with Crippen molar-refractivity contribution in [2.75, 3.05) is 6.54 Å². The van der Waals surface area contributed by atoms with Crippen molar-refractivity contribution in [1.29, 1.82) is 0 Å². The van der Waals surface area contributed by atoms with E-state index in [1.54, 1.807) is 6.07 Å². The summed E-state index contributed by atoms with van der Waals surface area (Å²) in [5.41, 5.74) is 0. The van der Waals surface area contributed by atoms with Crippen molar-refractivity contribution < 1.29 is 12.8 Å². The molecule has 4 nitrogen and oxygen atoms in total. The largest absolute Gasteiger partial charge is 0.447 e. The number of hydrogen-bond acceptors (Lipinski definition) is 3. The Morgan fingerprint density at radius 3 is 2.62 bits per heavy atom. The lowest BCUT2D eigenvalue weighted by Crippen LogP contribution is -2.32. The van der Waals surface area contributed by atoms with Crippen molar-refractivity contribution in [3.63, 3.8) is 0 Å². The summed E-state index contributed by atoms with van der Waals surface area (Å²) in [5.74, 6) is 0.664. The van der Waals surface area contributed by atoms with Gasteiger partial charge in [0.1, 0.15) is 5.76 Å². The average Bonchev–Trinajstić information content (AvgIpc) is 2.95. The van der Waals surface area contributed by atoms with Gasteiger partial charge in [-0.2, -0.15) is 4.31 Å².